The Hall–Kier alpha value is -2.22. The van der Waals surface area contributed by atoms with Crippen LogP contribution in [-0.4, -0.2) is 9.13 Å². The molecule has 2 aromatic heterocycles. The van der Waals surface area contributed by atoms with E-state index in [0.717, 1.165) is 0 Å². The van der Waals surface area contributed by atoms with E-state index >= 15 is 0 Å². The molecule has 2 heteroatoms. The highest BCUT2D eigenvalue weighted by molar-refractivity contribution is 5.60. The minimum Gasteiger partial charge on any atom is -0.318 e. The van der Waals surface area contributed by atoms with Crippen LogP contribution in [0.1, 0.15) is 108 Å². The molecule has 0 radical (unpaired) electrons. The van der Waals surface area contributed by atoms with E-state index in [1.54, 1.807) is 0 Å². The third-order valence-corrected chi connectivity index (χ3v) is 6.07. The van der Waals surface area contributed by atoms with E-state index in [4.69, 9.17) is 0 Å². The summed E-state index contributed by atoms with van der Waals surface area (Å²) in [5, 5.41) is 0. The minimum absolute atomic E-state index is 0.00363. The van der Waals surface area contributed by atoms with Crippen LogP contribution in [0.4, 0.5) is 0 Å². The maximum atomic E-state index is 2.54. The molecule has 0 unspecified atom stereocenters. The second kappa shape index (κ2) is 8.13. The molecule has 0 aliphatic carbocycles. The lowest BCUT2D eigenvalue weighted by atomic mass is 9.83. The summed E-state index contributed by atoms with van der Waals surface area (Å²) in [5.74, 6) is 1.40. The number of benzene rings is 1. The van der Waals surface area contributed by atoms with E-state index in [2.05, 4.69) is 121 Å². The van der Waals surface area contributed by atoms with Gasteiger partial charge in [-0.05, 0) is 66.5 Å². The lowest BCUT2D eigenvalue weighted by Gasteiger charge is -2.31. The van der Waals surface area contributed by atoms with Gasteiger partial charge in [0.2, 0.25) is 0 Å². The number of nitrogens with zero attached hydrogens (tertiary/aromatic N) is 2. The standard InChI is InChI=1S/C28H40N2/c1-18(2)22-15-14-21(7)29(22)25-12-11-13-26(27(25)28(8,9)10)30-23(19(3)4)16-17-24(30)20(5)6/h11-20H,1-10H3. The molecular formula is C28H40N2. The van der Waals surface area contributed by atoms with Crippen molar-refractivity contribution in [2.75, 3.05) is 0 Å². The number of aryl methyl sites for hydroxylation is 1. The summed E-state index contributed by atoms with van der Waals surface area (Å²) in [6, 6.07) is 16.0. The van der Waals surface area contributed by atoms with Crippen LogP contribution in [0.5, 0.6) is 0 Å². The average Bonchev–Trinajstić information content (AvgIpc) is 3.24. The fourth-order valence-electron chi connectivity index (χ4n) is 4.66. The Morgan fingerprint density at radius 3 is 1.43 bits per heavy atom. The van der Waals surface area contributed by atoms with Crippen molar-refractivity contribution in [3.8, 4) is 11.4 Å². The molecule has 2 heterocycles. The Bertz CT molecular complexity index is 994. The zero-order chi connectivity index (χ0) is 22.4. The minimum atomic E-state index is 0.00363. The van der Waals surface area contributed by atoms with E-state index < -0.39 is 0 Å². The Balaban J connectivity index is 2.43. The Labute approximate surface area is 183 Å². The normalized spacial score (nSPS) is 12.6. The second-order valence-electron chi connectivity index (χ2n) is 10.6. The summed E-state index contributed by atoms with van der Waals surface area (Å²) >= 11 is 0. The van der Waals surface area contributed by atoms with Crippen LogP contribution < -0.4 is 0 Å². The van der Waals surface area contributed by atoms with Gasteiger partial charge >= 0.3 is 0 Å². The van der Waals surface area contributed by atoms with Gasteiger partial charge < -0.3 is 9.13 Å². The first-order valence-electron chi connectivity index (χ1n) is 11.5. The molecule has 0 fully saturated rings. The molecule has 0 spiro atoms. The highest BCUT2D eigenvalue weighted by Gasteiger charge is 2.27. The number of rotatable bonds is 5. The molecule has 0 aliphatic heterocycles. The maximum absolute atomic E-state index is 2.54. The van der Waals surface area contributed by atoms with E-state index in [-0.39, 0.29) is 5.41 Å². The quantitative estimate of drug-likeness (QED) is 0.405. The first-order chi connectivity index (χ1) is 13.9. The third kappa shape index (κ3) is 3.89. The van der Waals surface area contributed by atoms with Gasteiger partial charge in [-0.15, -0.1) is 0 Å². The molecule has 0 saturated carbocycles. The largest absolute Gasteiger partial charge is 0.318 e. The Morgan fingerprint density at radius 1 is 0.600 bits per heavy atom. The molecule has 0 N–H and O–H groups in total. The first-order valence-corrected chi connectivity index (χ1v) is 11.5. The molecular weight excluding hydrogens is 364 g/mol. The van der Waals surface area contributed by atoms with Gasteiger partial charge in [0.25, 0.3) is 0 Å². The van der Waals surface area contributed by atoms with E-state index in [1.807, 2.05) is 0 Å². The average molecular weight is 405 g/mol. The SMILES string of the molecule is Cc1ccc(C(C)C)n1-c1cccc(-n2c(C(C)C)ccc2C(C)C)c1C(C)(C)C. The highest BCUT2D eigenvalue weighted by atomic mass is 15.0. The van der Waals surface area contributed by atoms with Crippen molar-refractivity contribution in [1.29, 1.82) is 0 Å². The zero-order valence-electron chi connectivity index (χ0n) is 20.7. The van der Waals surface area contributed by atoms with Gasteiger partial charge in [0, 0.05) is 28.3 Å². The van der Waals surface area contributed by atoms with Crippen LogP contribution in [0.15, 0.2) is 42.5 Å². The molecule has 2 nitrogen and oxygen atoms in total. The monoisotopic (exact) mass is 404 g/mol. The predicted molar refractivity (Wildman–Crippen MR) is 131 cm³/mol. The van der Waals surface area contributed by atoms with E-state index in [1.165, 1.54) is 39.7 Å². The summed E-state index contributed by atoms with van der Waals surface area (Å²) < 4.78 is 5.01. The molecule has 0 atom stereocenters. The van der Waals surface area contributed by atoms with Gasteiger partial charge in [-0.25, -0.2) is 0 Å². The third-order valence-electron chi connectivity index (χ3n) is 6.07. The smallest absolute Gasteiger partial charge is 0.0513 e. The summed E-state index contributed by atoms with van der Waals surface area (Å²) in [6.45, 7) is 23.0. The summed E-state index contributed by atoms with van der Waals surface area (Å²) in [5.41, 5.74) is 9.47. The van der Waals surface area contributed by atoms with E-state index in [9.17, 15) is 0 Å². The topological polar surface area (TPSA) is 9.86 Å². The lowest BCUT2D eigenvalue weighted by Crippen LogP contribution is -2.21. The van der Waals surface area contributed by atoms with Crippen LogP contribution in [0.25, 0.3) is 11.4 Å². The van der Waals surface area contributed by atoms with E-state index in [0.29, 0.717) is 17.8 Å². The Morgan fingerprint density at radius 2 is 1.00 bits per heavy atom. The first kappa shape index (κ1) is 22.5. The van der Waals surface area contributed by atoms with Crippen molar-refractivity contribution in [2.45, 2.75) is 92.4 Å². The molecule has 1 aromatic carbocycles. The predicted octanol–water partition coefficient (Wildman–Crippen LogP) is 8.24. The second-order valence-corrected chi connectivity index (χ2v) is 10.6. The van der Waals surface area contributed by atoms with Gasteiger partial charge in [0.1, 0.15) is 0 Å². The van der Waals surface area contributed by atoms with Gasteiger partial charge in [-0.3, -0.25) is 0 Å². The van der Waals surface area contributed by atoms with Gasteiger partial charge in [-0.1, -0.05) is 68.4 Å². The molecule has 0 amide bonds. The summed E-state index contributed by atoms with van der Waals surface area (Å²) in [6.07, 6.45) is 0. The number of aromatic nitrogens is 2. The van der Waals surface area contributed by atoms with Crippen molar-refractivity contribution in [3.63, 3.8) is 0 Å². The highest BCUT2D eigenvalue weighted by Crippen LogP contribution is 2.39. The Kier molecular flexibility index (Phi) is 6.09. The molecule has 30 heavy (non-hydrogen) atoms. The summed E-state index contributed by atoms with van der Waals surface area (Å²) in [4.78, 5) is 0. The molecule has 162 valence electrons. The summed E-state index contributed by atoms with van der Waals surface area (Å²) in [7, 11) is 0. The lowest BCUT2D eigenvalue weighted by molar-refractivity contribution is 0.576. The zero-order valence-corrected chi connectivity index (χ0v) is 20.7. The maximum Gasteiger partial charge on any atom is 0.0513 e. The van der Waals surface area contributed by atoms with Gasteiger partial charge in [0.05, 0.1) is 11.4 Å². The fraction of sp³-hybridized carbons (Fsp3) is 0.500. The van der Waals surface area contributed by atoms with Crippen LogP contribution in [0, 0.1) is 6.92 Å². The van der Waals surface area contributed by atoms with Crippen molar-refractivity contribution in [2.24, 2.45) is 0 Å². The van der Waals surface area contributed by atoms with Crippen molar-refractivity contribution in [3.05, 3.63) is 70.8 Å². The van der Waals surface area contributed by atoms with Crippen molar-refractivity contribution in [1.82, 2.24) is 9.13 Å². The number of hydrogen-bond donors (Lipinski definition) is 0. The van der Waals surface area contributed by atoms with Crippen LogP contribution >= 0.6 is 0 Å². The molecule has 0 saturated heterocycles. The van der Waals surface area contributed by atoms with Crippen LogP contribution in [-0.2, 0) is 5.41 Å². The van der Waals surface area contributed by atoms with Gasteiger partial charge in [0.15, 0.2) is 0 Å². The van der Waals surface area contributed by atoms with Crippen LogP contribution in [0.3, 0.4) is 0 Å². The van der Waals surface area contributed by atoms with Crippen LogP contribution in [0.2, 0.25) is 0 Å². The number of hydrogen-bond acceptors (Lipinski definition) is 0. The fourth-order valence-corrected chi connectivity index (χ4v) is 4.66. The molecule has 3 rings (SSSR count). The molecule has 0 bridgehead atoms. The van der Waals surface area contributed by atoms with Crippen molar-refractivity contribution < 1.29 is 0 Å². The molecule has 3 aromatic rings. The molecule has 0 aliphatic rings. The van der Waals surface area contributed by atoms with Gasteiger partial charge in [-0.2, -0.15) is 0 Å². The van der Waals surface area contributed by atoms with Crippen molar-refractivity contribution >= 4 is 0 Å².